The van der Waals surface area contributed by atoms with Crippen molar-refractivity contribution in [1.29, 1.82) is 0 Å². The maximum atomic E-state index is 14.2. The molecule has 3 aromatic heterocycles. The van der Waals surface area contributed by atoms with Gasteiger partial charge in [0.25, 0.3) is 0 Å². The van der Waals surface area contributed by atoms with Crippen molar-refractivity contribution in [2.75, 3.05) is 7.11 Å². The minimum Gasteiger partial charge on any atom is -0.453 e. The molecule has 2 aliphatic carbocycles. The number of carbonyl (C=O) groups is 3. The number of imidazole rings is 2. The van der Waals surface area contributed by atoms with Gasteiger partial charge in [-0.3, -0.25) is 9.59 Å². The number of carbonyl (C=O) groups excluding carboxylic acids is 3. The molecule has 3 amide bonds. The number of alkyl carbamates (subject to hydrolysis) is 1. The fourth-order valence-corrected chi connectivity index (χ4v) is 10.6. The molecule has 12 nitrogen and oxygen atoms in total. The summed E-state index contributed by atoms with van der Waals surface area (Å²) in [7, 11) is 3.38. The van der Waals surface area contributed by atoms with Gasteiger partial charge in [-0.2, -0.15) is 0 Å². The van der Waals surface area contributed by atoms with Gasteiger partial charge >= 0.3 is 6.09 Å². The summed E-state index contributed by atoms with van der Waals surface area (Å²) in [6.45, 7) is 8.69. The molecule has 0 spiro atoms. The molecular formula is C47H60N8O4S. The maximum Gasteiger partial charge on any atom is 0.407 e. The van der Waals surface area contributed by atoms with E-state index in [9.17, 15) is 14.4 Å². The van der Waals surface area contributed by atoms with Crippen molar-refractivity contribution in [2.45, 2.75) is 129 Å². The average Bonchev–Trinajstić information content (AvgIpc) is 3.98. The van der Waals surface area contributed by atoms with Crippen LogP contribution < -0.4 is 11.1 Å². The number of nitrogens with zero attached hydrogens (tertiary/aromatic N) is 5. The summed E-state index contributed by atoms with van der Waals surface area (Å²) in [5.41, 5.74) is 11.4. The molecule has 0 bridgehead atoms. The predicted molar refractivity (Wildman–Crippen MR) is 241 cm³/mol. The summed E-state index contributed by atoms with van der Waals surface area (Å²) in [6, 6.07) is 16.3. The third kappa shape index (κ3) is 8.22. The van der Waals surface area contributed by atoms with Gasteiger partial charge in [0.15, 0.2) is 0 Å². The van der Waals surface area contributed by atoms with Crippen LogP contribution in [0.4, 0.5) is 4.79 Å². The first-order valence-electron chi connectivity index (χ1n) is 21.9. The number of benzene rings is 3. The second-order valence-electron chi connectivity index (χ2n) is 17.8. The van der Waals surface area contributed by atoms with Crippen LogP contribution in [0.5, 0.6) is 0 Å². The maximum absolute atomic E-state index is 14.2. The lowest BCUT2D eigenvalue weighted by atomic mass is 9.92. The number of H-pyrrole nitrogens is 1. The van der Waals surface area contributed by atoms with Gasteiger partial charge in [0.1, 0.15) is 17.7 Å². The van der Waals surface area contributed by atoms with E-state index < -0.39 is 18.2 Å². The highest BCUT2D eigenvalue weighted by atomic mass is 32.1. The van der Waals surface area contributed by atoms with Crippen LogP contribution in [0.1, 0.15) is 104 Å². The molecule has 3 aromatic carbocycles. The highest BCUT2D eigenvalue weighted by Gasteiger charge is 2.35. The van der Waals surface area contributed by atoms with Crippen LogP contribution in [0.15, 0.2) is 48.5 Å². The Hall–Kier alpha value is -5.01. The highest BCUT2D eigenvalue weighted by Crippen LogP contribution is 2.39. The predicted octanol–water partition coefficient (Wildman–Crippen LogP) is 9.17. The number of aromatic nitrogens is 4. The Labute approximate surface area is 356 Å². The number of amides is 3. The van der Waals surface area contributed by atoms with E-state index >= 15 is 0 Å². The van der Waals surface area contributed by atoms with Gasteiger partial charge in [0.05, 0.1) is 53.0 Å². The van der Waals surface area contributed by atoms with Crippen LogP contribution in [-0.2, 0) is 34.5 Å². The fraction of sp³-hybridized carbons (Fsp3) is 0.511. The molecule has 2 fully saturated rings. The van der Waals surface area contributed by atoms with Crippen molar-refractivity contribution in [1.82, 2.24) is 34.6 Å². The van der Waals surface area contributed by atoms with Crippen LogP contribution in [0.3, 0.4) is 0 Å². The number of hydrogen-bond acceptors (Lipinski definition) is 8. The summed E-state index contributed by atoms with van der Waals surface area (Å²) in [6.07, 6.45) is 10.1. The number of thiophene rings is 1. The number of methoxy groups -OCH3 is 1. The van der Waals surface area contributed by atoms with Gasteiger partial charge in [-0.15, -0.1) is 11.3 Å². The zero-order chi connectivity index (χ0) is 42.2. The third-order valence-corrected chi connectivity index (χ3v) is 14.3. The molecule has 60 heavy (non-hydrogen) atoms. The van der Waals surface area contributed by atoms with E-state index in [1.807, 2.05) is 43.6 Å². The molecular weight excluding hydrogens is 773 g/mol. The fourth-order valence-electron chi connectivity index (χ4n) is 9.45. The average molecular weight is 833 g/mol. The monoisotopic (exact) mass is 832 g/mol. The smallest absolute Gasteiger partial charge is 0.407 e. The molecule has 2 aliphatic rings. The van der Waals surface area contributed by atoms with Crippen molar-refractivity contribution in [2.24, 2.45) is 24.6 Å². The van der Waals surface area contributed by atoms with Crippen molar-refractivity contribution >= 4 is 72.2 Å². The molecule has 3 heterocycles. The quantitative estimate of drug-likeness (QED) is 0.111. The van der Waals surface area contributed by atoms with E-state index in [1.54, 1.807) is 11.3 Å². The van der Waals surface area contributed by atoms with Gasteiger partial charge in [0, 0.05) is 29.4 Å². The lowest BCUT2D eigenvalue weighted by Crippen LogP contribution is -2.54. The zero-order valence-electron chi connectivity index (χ0n) is 35.9. The first kappa shape index (κ1) is 41.7. The van der Waals surface area contributed by atoms with Crippen molar-refractivity contribution in [3.63, 3.8) is 0 Å². The Balaban J connectivity index is 1.08. The minimum absolute atomic E-state index is 0.0201. The van der Waals surface area contributed by atoms with Gasteiger partial charge in [-0.05, 0) is 78.1 Å². The molecule has 8 rings (SSSR count). The Morgan fingerprint density at radius 1 is 0.833 bits per heavy atom. The topological polar surface area (TPSA) is 151 Å². The molecule has 318 valence electrons. The second kappa shape index (κ2) is 17.5. The van der Waals surface area contributed by atoms with E-state index in [2.05, 4.69) is 64.4 Å². The SMILES string of the molecule is COC(=O)N[C@H](C(=O)N(Cc1nc2ccc3cc(-c4ccc5c(ccc6nc(CN(C(=O)[C@@H](N)C(C)C)C7CCCCC7)n(C)c65)c4)sc3c2[nH]1)C1CCCCC1)C(C)C. The second-order valence-corrected chi connectivity index (χ2v) is 18.8. The Morgan fingerprint density at radius 2 is 1.48 bits per heavy atom. The van der Waals surface area contributed by atoms with E-state index in [0.29, 0.717) is 13.1 Å². The van der Waals surface area contributed by atoms with Gasteiger partial charge in [0.2, 0.25) is 11.8 Å². The van der Waals surface area contributed by atoms with E-state index in [4.69, 9.17) is 20.4 Å². The van der Waals surface area contributed by atoms with Crippen LogP contribution in [0.2, 0.25) is 0 Å². The summed E-state index contributed by atoms with van der Waals surface area (Å²) < 4.78 is 8.15. The number of aryl methyl sites for hydroxylation is 1. The number of fused-ring (bicyclic) bond motifs is 6. The van der Waals surface area contributed by atoms with Crippen molar-refractivity contribution in [3.05, 3.63) is 60.2 Å². The first-order valence-corrected chi connectivity index (χ1v) is 22.7. The van der Waals surface area contributed by atoms with E-state index in [0.717, 1.165) is 116 Å². The summed E-state index contributed by atoms with van der Waals surface area (Å²) in [5.74, 6) is 1.46. The summed E-state index contributed by atoms with van der Waals surface area (Å²) in [4.78, 5) is 59.0. The molecule has 0 unspecified atom stereocenters. The van der Waals surface area contributed by atoms with Crippen molar-refractivity contribution < 1.29 is 19.1 Å². The van der Waals surface area contributed by atoms with Crippen LogP contribution in [0.25, 0.3) is 53.4 Å². The van der Waals surface area contributed by atoms with Gasteiger partial charge < -0.3 is 35.1 Å². The van der Waals surface area contributed by atoms with Crippen molar-refractivity contribution in [3.8, 4) is 10.4 Å². The molecule has 6 aromatic rings. The molecule has 2 saturated carbocycles. The lowest BCUT2D eigenvalue weighted by Gasteiger charge is -2.37. The lowest BCUT2D eigenvalue weighted by molar-refractivity contribution is -0.138. The van der Waals surface area contributed by atoms with Gasteiger partial charge in [-0.25, -0.2) is 14.8 Å². The molecule has 0 aliphatic heterocycles. The summed E-state index contributed by atoms with van der Waals surface area (Å²) in [5, 5.41) is 6.16. The normalized spacial score (nSPS) is 16.6. The number of nitrogens with one attached hydrogen (secondary N) is 2. The van der Waals surface area contributed by atoms with Crippen LogP contribution in [-0.4, -0.2) is 78.5 Å². The molecule has 2 atom stereocenters. The minimum atomic E-state index is -0.699. The standard InChI is InChI=1S/C47H60N8O4S/c1-27(2)40(48)45(56)55(33-15-11-8-12-16-33)26-39-50-36-22-18-29-23-30(17-20-34(29)43(36)53(39)5)37-24-31-19-21-35-42(44(31)60-37)51-38(49-35)25-54(32-13-9-7-10-14-32)46(57)41(28(3)4)52-47(58)59-6/h17-24,27-28,32-33,40-41H,7-16,25-26,48H2,1-6H3,(H,49,51)(H,52,58)/t40-,41-/m0/s1. The number of rotatable bonds is 12. The Morgan fingerprint density at radius 3 is 2.13 bits per heavy atom. The molecule has 0 radical (unpaired) electrons. The van der Waals surface area contributed by atoms with Gasteiger partial charge in [-0.1, -0.05) is 90.5 Å². The molecule has 4 N–H and O–H groups in total. The number of aromatic amines is 1. The van der Waals surface area contributed by atoms with Crippen LogP contribution in [0, 0.1) is 11.8 Å². The van der Waals surface area contributed by atoms with Crippen LogP contribution >= 0.6 is 11.3 Å². The van der Waals surface area contributed by atoms with E-state index in [-0.39, 0.29) is 35.7 Å². The Bertz CT molecular complexity index is 2520. The van der Waals surface area contributed by atoms with E-state index in [1.165, 1.54) is 20.0 Å². The Kier molecular flexibility index (Phi) is 12.2. The zero-order valence-corrected chi connectivity index (χ0v) is 36.7. The largest absolute Gasteiger partial charge is 0.453 e. The number of nitrogens with two attached hydrogens (primary N) is 1. The number of hydrogen-bond donors (Lipinski definition) is 3. The molecule has 0 saturated heterocycles. The first-order chi connectivity index (χ1) is 28.9. The summed E-state index contributed by atoms with van der Waals surface area (Å²) >= 11 is 1.73. The highest BCUT2D eigenvalue weighted by molar-refractivity contribution is 7.23. The molecule has 13 heteroatoms. The third-order valence-electron chi connectivity index (χ3n) is 13.0. The number of ether oxygens (including phenoxy) is 1.